The topological polar surface area (TPSA) is 104 Å². The molecule has 1 saturated heterocycles. The molecule has 3 aromatic carbocycles. The Morgan fingerprint density at radius 1 is 1.00 bits per heavy atom. The Morgan fingerprint density at radius 2 is 1.63 bits per heavy atom. The molecule has 3 amide bonds. The van der Waals surface area contributed by atoms with Crippen LogP contribution in [0, 0.1) is 3.57 Å². The van der Waals surface area contributed by atoms with Crippen molar-refractivity contribution in [3.8, 4) is 0 Å². The molecule has 8 nitrogen and oxygen atoms in total. The molecule has 0 spiro atoms. The van der Waals surface area contributed by atoms with Crippen LogP contribution in [0.5, 0.6) is 0 Å². The van der Waals surface area contributed by atoms with Gasteiger partial charge >= 0.3 is 0 Å². The van der Waals surface area contributed by atoms with Gasteiger partial charge in [0.25, 0.3) is 5.91 Å². The number of rotatable bonds is 7. The molecule has 4 rings (SSSR count). The molecule has 0 bridgehead atoms. The molecule has 0 aromatic heterocycles. The number of nitrogens with one attached hydrogen (secondary N) is 1. The third-order valence-electron chi connectivity index (χ3n) is 5.52. The second-order valence-corrected chi connectivity index (χ2v) is 11.1. The zero-order valence-corrected chi connectivity index (χ0v) is 21.7. The Labute approximate surface area is 217 Å². The van der Waals surface area contributed by atoms with E-state index in [1.807, 2.05) is 6.07 Å². The van der Waals surface area contributed by atoms with Crippen molar-refractivity contribution >= 4 is 61.7 Å². The van der Waals surface area contributed by atoms with Crippen molar-refractivity contribution in [1.29, 1.82) is 0 Å². The molecule has 1 aliphatic heterocycles. The molecule has 1 unspecified atom stereocenters. The van der Waals surface area contributed by atoms with Crippen LogP contribution in [0.25, 0.3) is 0 Å². The highest BCUT2D eigenvalue weighted by atomic mass is 127. The van der Waals surface area contributed by atoms with Crippen molar-refractivity contribution in [3.63, 3.8) is 0 Å². The number of benzene rings is 3. The van der Waals surface area contributed by atoms with Crippen LogP contribution in [0.3, 0.4) is 0 Å². The molecule has 1 fully saturated rings. The Balaban J connectivity index is 1.71. The molecule has 1 N–H and O–H groups in total. The largest absolute Gasteiger partial charge is 0.326 e. The number of carbonyl (C=O) groups is 3. The number of amides is 3. The van der Waals surface area contributed by atoms with Crippen LogP contribution < -0.4 is 10.2 Å². The highest BCUT2D eigenvalue weighted by molar-refractivity contribution is 14.1. The number of sulfonamides is 1. The van der Waals surface area contributed by atoms with Gasteiger partial charge in [-0.3, -0.25) is 14.4 Å². The first kappa shape index (κ1) is 25.0. The first-order valence-corrected chi connectivity index (χ1v) is 13.2. The molecule has 35 heavy (non-hydrogen) atoms. The smallest absolute Gasteiger partial charge is 0.252 e. The van der Waals surface area contributed by atoms with Gasteiger partial charge in [-0.05, 0) is 76.7 Å². The lowest BCUT2D eigenvalue weighted by Gasteiger charge is -2.27. The average molecular weight is 603 g/mol. The quantitative estimate of drug-likeness (QED) is 0.327. The third kappa shape index (κ3) is 5.44. The summed E-state index contributed by atoms with van der Waals surface area (Å²) in [6.45, 7) is 1.27. The van der Waals surface area contributed by atoms with Crippen LogP contribution in [0.1, 0.15) is 18.9 Å². The van der Waals surface area contributed by atoms with E-state index in [0.717, 1.165) is 12.8 Å². The van der Waals surface area contributed by atoms with Gasteiger partial charge in [-0.2, -0.15) is 4.31 Å². The van der Waals surface area contributed by atoms with E-state index in [-0.39, 0.29) is 23.8 Å². The van der Waals surface area contributed by atoms with Gasteiger partial charge in [-0.25, -0.2) is 13.3 Å². The molecule has 1 atom stereocenters. The van der Waals surface area contributed by atoms with E-state index in [4.69, 9.17) is 0 Å². The summed E-state index contributed by atoms with van der Waals surface area (Å²) in [4.78, 5) is 38.6. The number of hydrogen-bond donors (Lipinski definition) is 1. The van der Waals surface area contributed by atoms with Gasteiger partial charge in [0.1, 0.15) is 6.04 Å². The highest BCUT2D eigenvalue weighted by Crippen LogP contribution is 2.31. The van der Waals surface area contributed by atoms with Crippen LogP contribution in [0.15, 0.2) is 83.8 Å². The standard InChI is InChI=1S/C25H22IN3O5S/c1-17(30)27-20-9-13-22(14-10-20)35(33,34)28(16-18-5-3-2-4-6-18)23-15-24(31)29(25(23)32)21-11-7-19(26)8-12-21/h2-14,23H,15-16H2,1H3,(H,27,30). The van der Waals surface area contributed by atoms with Crippen LogP contribution in [0.4, 0.5) is 11.4 Å². The third-order valence-corrected chi connectivity index (χ3v) is 8.11. The predicted molar refractivity (Wildman–Crippen MR) is 140 cm³/mol. The lowest BCUT2D eigenvalue weighted by atomic mass is 10.2. The molecular weight excluding hydrogens is 581 g/mol. The molecule has 1 heterocycles. The molecule has 0 radical (unpaired) electrons. The van der Waals surface area contributed by atoms with Gasteiger partial charge in [0, 0.05) is 22.7 Å². The van der Waals surface area contributed by atoms with Crippen molar-refractivity contribution < 1.29 is 22.8 Å². The SMILES string of the molecule is CC(=O)Nc1ccc(S(=O)(=O)N(Cc2ccccc2)C2CC(=O)N(c3ccc(I)cc3)C2=O)cc1. The van der Waals surface area contributed by atoms with E-state index in [0.29, 0.717) is 16.9 Å². The van der Waals surface area contributed by atoms with E-state index in [2.05, 4.69) is 27.9 Å². The molecule has 1 aliphatic rings. The van der Waals surface area contributed by atoms with E-state index < -0.39 is 27.9 Å². The summed E-state index contributed by atoms with van der Waals surface area (Å²) in [7, 11) is -4.18. The fourth-order valence-corrected chi connectivity index (χ4v) is 5.81. The highest BCUT2D eigenvalue weighted by Gasteiger charge is 2.47. The summed E-state index contributed by atoms with van der Waals surface area (Å²) in [5.74, 6) is -1.34. The summed E-state index contributed by atoms with van der Waals surface area (Å²) in [6.07, 6.45) is -0.263. The summed E-state index contributed by atoms with van der Waals surface area (Å²) in [6, 6.07) is 20.3. The number of halogens is 1. The molecule has 10 heteroatoms. The Kier molecular flexibility index (Phi) is 7.33. The van der Waals surface area contributed by atoms with E-state index in [1.54, 1.807) is 48.5 Å². The fourth-order valence-electron chi connectivity index (χ4n) is 3.88. The van der Waals surface area contributed by atoms with Gasteiger partial charge in [-0.1, -0.05) is 30.3 Å². The zero-order valence-electron chi connectivity index (χ0n) is 18.7. The van der Waals surface area contributed by atoms with Crippen molar-refractivity contribution in [3.05, 3.63) is 88.0 Å². The first-order valence-electron chi connectivity index (χ1n) is 10.7. The fraction of sp³-hybridized carbons (Fsp3) is 0.160. The molecule has 0 saturated carbocycles. The summed E-state index contributed by atoms with van der Waals surface area (Å²) >= 11 is 2.12. The average Bonchev–Trinajstić information content (AvgIpc) is 3.12. The van der Waals surface area contributed by atoms with Gasteiger partial charge in [0.05, 0.1) is 17.0 Å². The van der Waals surface area contributed by atoms with Gasteiger partial charge in [0.15, 0.2) is 0 Å². The lowest BCUT2D eigenvalue weighted by molar-refractivity contribution is -0.122. The van der Waals surface area contributed by atoms with E-state index >= 15 is 0 Å². The number of carbonyl (C=O) groups excluding carboxylic acids is 3. The lowest BCUT2D eigenvalue weighted by Crippen LogP contribution is -2.45. The maximum absolute atomic E-state index is 13.8. The first-order chi connectivity index (χ1) is 16.7. The van der Waals surface area contributed by atoms with Crippen LogP contribution in [-0.4, -0.2) is 36.5 Å². The zero-order chi connectivity index (χ0) is 25.2. The van der Waals surface area contributed by atoms with Gasteiger partial charge in [0.2, 0.25) is 21.8 Å². The Bertz CT molecular complexity index is 1360. The monoisotopic (exact) mass is 603 g/mol. The number of nitrogens with zero attached hydrogens (tertiary/aromatic N) is 2. The van der Waals surface area contributed by atoms with Crippen LogP contribution in [-0.2, 0) is 31.0 Å². The second-order valence-electron chi connectivity index (χ2n) is 8.01. The maximum atomic E-state index is 13.8. The predicted octanol–water partition coefficient (Wildman–Crippen LogP) is 3.77. The van der Waals surface area contributed by atoms with Crippen molar-refractivity contribution in [2.75, 3.05) is 10.2 Å². The minimum Gasteiger partial charge on any atom is -0.326 e. The van der Waals surface area contributed by atoms with Crippen LogP contribution in [0.2, 0.25) is 0 Å². The van der Waals surface area contributed by atoms with Gasteiger partial charge < -0.3 is 5.32 Å². The van der Waals surface area contributed by atoms with Gasteiger partial charge in [-0.15, -0.1) is 0 Å². The minimum absolute atomic E-state index is 0.0458. The minimum atomic E-state index is -4.18. The van der Waals surface area contributed by atoms with Crippen molar-refractivity contribution in [1.82, 2.24) is 4.31 Å². The maximum Gasteiger partial charge on any atom is 0.252 e. The molecule has 180 valence electrons. The van der Waals surface area contributed by atoms with Crippen molar-refractivity contribution in [2.45, 2.75) is 30.8 Å². The second kappa shape index (κ2) is 10.3. The Hall–Kier alpha value is -3.09. The van der Waals surface area contributed by atoms with E-state index in [1.165, 1.54) is 31.2 Å². The summed E-state index contributed by atoms with van der Waals surface area (Å²) < 4.78 is 29.5. The molecule has 3 aromatic rings. The summed E-state index contributed by atoms with van der Waals surface area (Å²) in [5.41, 5.74) is 1.53. The molecule has 0 aliphatic carbocycles. The normalized spacial score (nSPS) is 16.1. The summed E-state index contributed by atoms with van der Waals surface area (Å²) in [5, 5.41) is 2.60. The Morgan fingerprint density at radius 3 is 2.23 bits per heavy atom. The number of anilines is 2. The molecular formula is C25H22IN3O5S. The van der Waals surface area contributed by atoms with Crippen LogP contribution >= 0.6 is 22.6 Å². The van der Waals surface area contributed by atoms with Crippen molar-refractivity contribution in [2.24, 2.45) is 0 Å². The number of hydrogen-bond acceptors (Lipinski definition) is 5. The number of imide groups is 1. The van der Waals surface area contributed by atoms with E-state index in [9.17, 15) is 22.8 Å².